The molecule has 1 saturated heterocycles. The minimum atomic E-state index is -0.182. The maximum absolute atomic E-state index is 9.69. The molecule has 0 spiro atoms. The van der Waals surface area contributed by atoms with Crippen molar-refractivity contribution in [3.8, 4) is 0 Å². The van der Waals surface area contributed by atoms with E-state index in [4.69, 9.17) is 0 Å². The zero-order valence-corrected chi connectivity index (χ0v) is 12.2. The zero-order chi connectivity index (χ0) is 13.0. The molecule has 2 atom stereocenters. The highest BCUT2D eigenvalue weighted by Gasteiger charge is 2.23. The lowest BCUT2D eigenvalue weighted by molar-refractivity contribution is 0.0595. The van der Waals surface area contributed by atoms with Gasteiger partial charge in [-0.2, -0.15) is 0 Å². The quantitative estimate of drug-likeness (QED) is 0.892. The highest BCUT2D eigenvalue weighted by molar-refractivity contribution is 7.09. The fourth-order valence-corrected chi connectivity index (χ4v) is 3.50. The van der Waals surface area contributed by atoms with E-state index >= 15 is 0 Å². The second-order valence-electron chi connectivity index (χ2n) is 5.36. The Morgan fingerprint density at radius 3 is 3.17 bits per heavy atom. The minimum absolute atomic E-state index is 0.182. The number of thiazole rings is 1. The molecule has 3 nitrogen and oxygen atoms in total. The van der Waals surface area contributed by atoms with E-state index < -0.39 is 0 Å². The Kier molecular flexibility index (Phi) is 5.15. The number of nitrogens with zero attached hydrogens (tertiary/aromatic N) is 2. The summed E-state index contributed by atoms with van der Waals surface area (Å²) < 4.78 is 0. The van der Waals surface area contributed by atoms with Gasteiger partial charge in [0.15, 0.2) is 0 Å². The van der Waals surface area contributed by atoms with Crippen molar-refractivity contribution in [2.45, 2.75) is 52.2 Å². The molecule has 2 rings (SSSR count). The minimum Gasteiger partial charge on any atom is -0.393 e. The Morgan fingerprint density at radius 2 is 2.44 bits per heavy atom. The topological polar surface area (TPSA) is 36.4 Å². The van der Waals surface area contributed by atoms with E-state index in [1.165, 1.54) is 23.5 Å². The first-order valence-electron chi connectivity index (χ1n) is 7.02. The van der Waals surface area contributed by atoms with Gasteiger partial charge in [-0.15, -0.1) is 11.3 Å². The van der Waals surface area contributed by atoms with Crippen LogP contribution >= 0.6 is 11.3 Å². The molecule has 0 saturated carbocycles. The molecular weight excluding hydrogens is 244 g/mol. The van der Waals surface area contributed by atoms with Crippen molar-refractivity contribution < 1.29 is 5.11 Å². The molecule has 102 valence electrons. The lowest BCUT2D eigenvalue weighted by atomic mass is 9.93. The predicted octanol–water partition coefficient (Wildman–Crippen LogP) is 2.69. The molecule has 0 aliphatic carbocycles. The van der Waals surface area contributed by atoms with Gasteiger partial charge in [-0.3, -0.25) is 4.90 Å². The number of aromatic nitrogens is 1. The number of rotatable bonds is 5. The lowest BCUT2D eigenvalue weighted by Crippen LogP contribution is -2.39. The third kappa shape index (κ3) is 3.77. The number of hydrogen-bond acceptors (Lipinski definition) is 4. The maximum atomic E-state index is 9.69. The van der Waals surface area contributed by atoms with Crippen LogP contribution in [-0.4, -0.2) is 34.2 Å². The zero-order valence-electron chi connectivity index (χ0n) is 11.4. The van der Waals surface area contributed by atoms with Crippen molar-refractivity contribution in [3.63, 3.8) is 0 Å². The van der Waals surface area contributed by atoms with Crippen molar-refractivity contribution in [3.05, 3.63) is 16.1 Å². The standard InChI is InChI=1S/C14H24N2OS/c1-3-5-14-15-13(10-18-14)9-16-7-4-6-12(8-16)11(2)17/h10-12,17H,3-9H2,1-2H3. The predicted molar refractivity (Wildman–Crippen MR) is 75.8 cm³/mol. The summed E-state index contributed by atoms with van der Waals surface area (Å²) in [5.41, 5.74) is 1.20. The van der Waals surface area contributed by atoms with Crippen LogP contribution < -0.4 is 0 Å². The summed E-state index contributed by atoms with van der Waals surface area (Å²) in [6.45, 7) is 7.21. The SMILES string of the molecule is CCCc1nc(CN2CCCC(C(C)O)C2)cs1. The van der Waals surface area contributed by atoms with E-state index in [-0.39, 0.29) is 6.10 Å². The normalized spacial score (nSPS) is 23.2. The Balaban J connectivity index is 1.87. The number of hydrogen-bond donors (Lipinski definition) is 1. The van der Waals surface area contributed by atoms with E-state index in [1.54, 1.807) is 11.3 Å². The first-order valence-corrected chi connectivity index (χ1v) is 7.90. The van der Waals surface area contributed by atoms with Gasteiger partial charge in [0.25, 0.3) is 0 Å². The lowest BCUT2D eigenvalue weighted by Gasteiger charge is -2.33. The van der Waals surface area contributed by atoms with Gasteiger partial charge in [0.2, 0.25) is 0 Å². The first kappa shape index (κ1) is 14.0. The monoisotopic (exact) mass is 268 g/mol. The summed E-state index contributed by atoms with van der Waals surface area (Å²) in [6.07, 6.45) is 4.44. The van der Waals surface area contributed by atoms with Crippen LogP contribution in [0.5, 0.6) is 0 Å². The molecule has 4 heteroatoms. The summed E-state index contributed by atoms with van der Waals surface area (Å²) in [5.74, 6) is 0.437. The molecule has 0 radical (unpaired) electrons. The molecule has 0 amide bonds. The number of piperidine rings is 1. The highest BCUT2D eigenvalue weighted by Crippen LogP contribution is 2.22. The van der Waals surface area contributed by atoms with Gasteiger partial charge in [0.1, 0.15) is 0 Å². The van der Waals surface area contributed by atoms with Gasteiger partial charge in [-0.25, -0.2) is 4.98 Å². The molecular formula is C14H24N2OS. The van der Waals surface area contributed by atoms with Gasteiger partial charge in [-0.1, -0.05) is 6.92 Å². The average Bonchev–Trinajstić information content (AvgIpc) is 2.77. The van der Waals surface area contributed by atoms with Gasteiger partial charge >= 0.3 is 0 Å². The summed E-state index contributed by atoms with van der Waals surface area (Å²) in [5, 5.41) is 13.1. The Morgan fingerprint density at radius 1 is 1.61 bits per heavy atom. The number of aryl methyl sites for hydroxylation is 1. The number of likely N-dealkylation sites (tertiary alicyclic amines) is 1. The molecule has 0 aromatic carbocycles. The van der Waals surface area contributed by atoms with Crippen LogP contribution in [0.2, 0.25) is 0 Å². The van der Waals surface area contributed by atoms with Crippen molar-refractivity contribution in [2.24, 2.45) is 5.92 Å². The third-order valence-electron chi connectivity index (χ3n) is 3.67. The van der Waals surface area contributed by atoms with Crippen molar-refractivity contribution in [2.75, 3.05) is 13.1 Å². The van der Waals surface area contributed by atoms with Crippen LogP contribution in [-0.2, 0) is 13.0 Å². The van der Waals surface area contributed by atoms with Gasteiger partial charge in [0.05, 0.1) is 16.8 Å². The molecule has 1 aliphatic rings. The summed E-state index contributed by atoms with van der Waals surface area (Å²) in [6, 6.07) is 0. The molecule has 1 aromatic heterocycles. The van der Waals surface area contributed by atoms with Crippen LogP contribution in [0.15, 0.2) is 5.38 Å². The van der Waals surface area contributed by atoms with E-state index in [2.05, 4.69) is 22.2 Å². The van der Waals surface area contributed by atoms with Crippen molar-refractivity contribution >= 4 is 11.3 Å². The smallest absolute Gasteiger partial charge is 0.0928 e. The third-order valence-corrected chi connectivity index (χ3v) is 4.63. The molecule has 2 unspecified atom stereocenters. The summed E-state index contributed by atoms with van der Waals surface area (Å²) in [4.78, 5) is 7.11. The summed E-state index contributed by atoms with van der Waals surface area (Å²) >= 11 is 1.78. The molecule has 1 fully saturated rings. The molecule has 1 aliphatic heterocycles. The van der Waals surface area contributed by atoms with Crippen LogP contribution in [0.4, 0.5) is 0 Å². The Bertz CT molecular complexity index is 364. The van der Waals surface area contributed by atoms with E-state index in [0.717, 1.165) is 32.5 Å². The second-order valence-corrected chi connectivity index (χ2v) is 6.30. The Labute approximate surface area is 114 Å². The average molecular weight is 268 g/mol. The second kappa shape index (κ2) is 6.64. The van der Waals surface area contributed by atoms with Crippen LogP contribution in [0.25, 0.3) is 0 Å². The maximum Gasteiger partial charge on any atom is 0.0928 e. The molecule has 1 N–H and O–H groups in total. The van der Waals surface area contributed by atoms with Gasteiger partial charge in [0, 0.05) is 18.5 Å². The van der Waals surface area contributed by atoms with E-state index in [1.807, 2.05) is 6.92 Å². The van der Waals surface area contributed by atoms with Gasteiger partial charge < -0.3 is 5.11 Å². The van der Waals surface area contributed by atoms with Crippen LogP contribution in [0, 0.1) is 5.92 Å². The van der Waals surface area contributed by atoms with E-state index in [9.17, 15) is 5.11 Å². The fourth-order valence-electron chi connectivity index (χ4n) is 2.61. The van der Waals surface area contributed by atoms with Crippen LogP contribution in [0.1, 0.15) is 43.8 Å². The summed E-state index contributed by atoms with van der Waals surface area (Å²) in [7, 11) is 0. The van der Waals surface area contributed by atoms with Crippen molar-refractivity contribution in [1.29, 1.82) is 0 Å². The first-order chi connectivity index (χ1) is 8.69. The highest BCUT2D eigenvalue weighted by atomic mass is 32.1. The molecule has 2 heterocycles. The van der Waals surface area contributed by atoms with Gasteiger partial charge in [-0.05, 0) is 45.1 Å². The Hall–Kier alpha value is -0.450. The van der Waals surface area contributed by atoms with Crippen LogP contribution in [0.3, 0.4) is 0 Å². The van der Waals surface area contributed by atoms with E-state index in [0.29, 0.717) is 5.92 Å². The molecule has 18 heavy (non-hydrogen) atoms. The number of aliphatic hydroxyl groups is 1. The fraction of sp³-hybridized carbons (Fsp3) is 0.786. The largest absolute Gasteiger partial charge is 0.393 e. The molecule has 1 aromatic rings. The number of aliphatic hydroxyl groups excluding tert-OH is 1. The van der Waals surface area contributed by atoms with Crippen molar-refractivity contribution in [1.82, 2.24) is 9.88 Å². The molecule has 0 bridgehead atoms.